The number of ether oxygens (including phenoxy) is 1. The van der Waals surface area contributed by atoms with Gasteiger partial charge in [-0.15, -0.1) is 12.4 Å². The second kappa shape index (κ2) is 8.03. The summed E-state index contributed by atoms with van der Waals surface area (Å²) < 4.78 is 5.20. The van der Waals surface area contributed by atoms with Crippen LogP contribution in [-0.4, -0.2) is 48.2 Å². The molecule has 1 aromatic heterocycles. The fourth-order valence-electron chi connectivity index (χ4n) is 2.75. The number of anilines is 3. The van der Waals surface area contributed by atoms with Crippen molar-refractivity contribution in [2.24, 2.45) is 0 Å². The molecule has 8 heteroatoms. The van der Waals surface area contributed by atoms with Gasteiger partial charge in [0, 0.05) is 50.2 Å². The normalized spacial score (nSPS) is 15.0. The van der Waals surface area contributed by atoms with E-state index < -0.39 is 0 Å². The van der Waals surface area contributed by atoms with E-state index in [1.54, 1.807) is 13.3 Å². The Balaban J connectivity index is 0.00000208. The van der Waals surface area contributed by atoms with E-state index in [0.29, 0.717) is 5.82 Å². The number of aromatic nitrogens is 2. The average Bonchev–Trinajstić information content (AvgIpc) is 2.58. The van der Waals surface area contributed by atoms with Gasteiger partial charge in [0.05, 0.1) is 7.11 Å². The van der Waals surface area contributed by atoms with Crippen molar-refractivity contribution >= 4 is 29.9 Å². The lowest BCUT2D eigenvalue weighted by molar-refractivity contribution is 0.250. The largest absolute Gasteiger partial charge is 0.497 e. The minimum Gasteiger partial charge on any atom is -0.497 e. The van der Waals surface area contributed by atoms with E-state index in [1.807, 2.05) is 12.1 Å². The molecule has 0 amide bonds. The number of halogens is 1. The zero-order chi connectivity index (χ0) is 16.2. The molecular weight excluding hydrogens is 328 g/mol. The molecule has 3 rings (SSSR count). The van der Waals surface area contributed by atoms with Gasteiger partial charge in [0.25, 0.3) is 0 Å². The molecule has 0 atom stereocenters. The molecule has 1 aromatic carbocycles. The fraction of sp³-hybridized carbons (Fsp3) is 0.375. The third kappa shape index (κ3) is 4.18. The Kier molecular flexibility index (Phi) is 6.05. The Hall–Kier alpha value is -2.25. The Morgan fingerprint density at radius 1 is 1.08 bits per heavy atom. The van der Waals surface area contributed by atoms with Crippen molar-refractivity contribution in [3.8, 4) is 5.75 Å². The molecule has 1 aliphatic rings. The lowest BCUT2D eigenvalue weighted by Crippen LogP contribution is -2.46. The zero-order valence-corrected chi connectivity index (χ0v) is 14.5. The van der Waals surface area contributed by atoms with Crippen LogP contribution in [-0.2, 0) is 6.54 Å². The van der Waals surface area contributed by atoms with Gasteiger partial charge in [-0.25, -0.2) is 4.98 Å². The van der Waals surface area contributed by atoms with Gasteiger partial charge < -0.3 is 21.1 Å². The van der Waals surface area contributed by atoms with Gasteiger partial charge >= 0.3 is 0 Å². The van der Waals surface area contributed by atoms with Crippen LogP contribution >= 0.6 is 12.4 Å². The Morgan fingerprint density at radius 3 is 2.33 bits per heavy atom. The van der Waals surface area contributed by atoms with Gasteiger partial charge in [-0.2, -0.15) is 4.98 Å². The van der Waals surface area contributed by atoms with Gasteiger partial charge in [0.1, 0.15) is 11.6 Å². The summed E-state index contributed by atoms with van der Waals surface area (Å²) in [4.78, 5) is 12.8. The molecule has 4 N–H and O–H groups in total. The number of hydrogen-bond acceptors (Lipinski definition) is 7. The summed E-state index contributed by atoms with van der Waals surface area (Å²) >= 11 is 0. The second-order valence-corrected chi connectivity index (χ2v) is 5.60. The van der Waals surface area contributed by atoms with E-state index in [1.165, 1.54) is 5.69 Å². The number of nitrogen functional groups attached to an aromatic ring is 2. The molecule has 2 aromatic rings. The van der Waals surface area contributed by atoms with Crippen LogP contribution in [0.25, 0.3) is 0 Å². The van der Waals surface area contributed by atoms with Crippen LogP contribution in [0.1, 0.15) is 5.56 Å². The maximum Gasteiger partial charge on any atom is 0.221 e. The molecule has 0 radical (unpaired) electrons. The highest BCUT2D eigenvalue weighted by atomic mass is 35.5. The third-order valence-corrected chi connectivity index (χ3v) is 4.12. The maximum atomic E-state index is 5.90. The number of hydrogen-bond donors (Lipinski definition) is 2. The SMILES string of the molecule is COc1ccc(N2CCN(Cc3cnc(N)nc3N)CC2)cc1.Cl. The molecule has 2 heterocycles. The first kappa shape index (κ1) is 18.1. The van der Waals surface area contributed by atoms with Crippen LogP contribution < -0.4 is 21.1 Å². The summed E-state index contributed by atoms with van der Waals surface area (Å²) in [5, 5.41) is 0. The first-order valence-corrected chi connectivity index (χ1v) is 7.64. The summed E-state index contributed by atoms with van der Waals surface area (Å²) in [7, 11) is 1.68. The second-order valence-electron chi connectivity index (χ2n) is 5.60. The van der Waals surface area contributed by atoms with Crippen LogP contribution in [0.3, 0.4) is 0 Å². The molecule has 0 spiro atoms. The Morgan fingerprint density at radius 2 is 1.75 bits per heavy atom. The molecule has 130 valence electrons. The summed E-state index contributed by atoms with van der Waals surface area (Å²) in [6, 6.07) is 8.18. The Bertz CT molecular complexity index is 658. The molecular formula is C16H23ClN6O. The van der Waals surface area contributed by atoms with E-state index in [9.17, 15) is 0 Å². The first-order chi connectivity index (χ1) is 11.2. The summed E-state index contributed by atoms with van der Waals surface area (Å²) in [6.45, 7) is 4.64. The van der Waals surface area contributed by atoms with Gasteiger partial charge in [-0.1, -0.05) is 0 Å². The minimum absolute atomic E-state index is 0. The lowest BCUT2D eigenvalue weighted by atomic mass is 10.2. The quantitative estimate of drug-likeness (QED) is 0.860. The number of rotatable bonds is 4. The highest BCUT2D eigenvalue weighted by molar-refractivity contribution is 5.85. The van der Waals surface area contributed by atoms with Crippen molar-refractivity contribution < 1.29 is 4.74 Å². The fourth-order valence-corrected chi connectivity index (χ4v) is 2.75. The van der Waals surface area contributed by atoms with Crippen molar-refractivity contribution in [3.05, 3.63) is 36.0 Å². The average molecular weight is 351 g/mol. The summed E-state index contributed by atoms with van der Waals surface area (Å²) in [5.41, 5.74) is 13.6. The molecule has 0 aliphatic carbocycles. The van der Waals surface area contributed by atoms with Crippen molar-refractivity contribution in [3.63, 3.8) is 0 Å². The van der Waals surface area contributed by atoms with Crippen LogP contribution in [0.15, 0.2) is 30.5 Å². The smallest absolute Gasteiger partial charge is 0.221 e. The van der Waals surface area contributed by atoms with E-state index in [4.69, 9.17) is 16.2 Å². The number of methoxy groups -OCH3 is 1. The lowest BCUT2D eigenvalue weighted by Gasteiger charge is -2.36. The topological polar surface area (TPSA) is 93.5 Å². The van der Waals surface area contributed by atoms with E-state index in [0.717, 1.165) is 44.0 Å². The van der Waals surface area contributed by atoms with Gasteiger partial charge in [0.15, 0.2) is 0 Å². The third-order valence-electron chi connectivity index (χ3n) is 4.12. The monoisotopic (exact) mass is 350 g/mol. The number of nitrogens with zero attached hydrogens (tertiary/aromatic N) is 4. The summed E-state index contributed by atoms with van der Waals surface area (Å²) in [6.07, 6.45) is 1.72. The van der Waals surface area contributed by atoms with E-state index in [2.05, 4.69) is 31.9 Å². The Labute approximate surface area is 148 Å². The first-order valence-electron chi connectivity index (χ1n) is 7.64. The van der Waals surface area contributed by atoms with Crippen molar-refractivity contribution in [2.75, 3.05) is 49.7 Å². The molecule has 0 unspecified atom stereocenters. The van der Waals surface area contributed by atoms with Crippen LogP contribution in [0.4, 0.5) is 17.5 Å². The zero-order valence-electron chi connectivity index (χ0n) is 13.7. The maximum absolute atomic E-state index is 5.90. The minimum atomic E-state index is 0. The predicted octanol–water partition coefficient (Wildman–Crippen LogP) is 1.39. The standard InChI is InChI=1S/C16H22N6O.ClH/c1-23-14-4-2-13(3-5-14)22-8-6-21(7-9-22)11-12-10-19-16(18)20-15(12)17;/h2-5,10H,6-9,11H2,1H3,(H4,17,18,19,20);1H. The molecule has 1 saturated heterocycles. The molecule has 0 saturated carbocycles. The molecule has 7 nitrogen and oxygen atoms in total. The van der Waals surface area contributed by atoms with E-state index >= 15 is 0 Å². The molecule has 24 heavy (non-hydrogen) atoms. The van der Waals surface area contributed by atoms with Crippen LogP contribution in [0, 0.1) is 0 Å². The predicted molar refractivity (Wildman–Crippen MR) is 98.6 cm³/mol. The molecule has 1 aliphatic heterocycles. The van der Waals surface area contributed by atoms with Crippen molar-refractivity contribution in [2.45, 2.75) is 6.54 Å². The van der Waals surface area contributed by atoms with E-state index in [-0.39, 0.29) is 18.4 Å². The highest BCUT2D eigenvalue weighted by Gasteiger charge is 2.18. The van der Waals surface area contributed by atoms with Crippen molar-refractivity contribution in [1.29, 1.82) is 0 Å². The van der Waals surface area contributed by atoms with Gasteiger partial charge in [0.2, 0.25) is 5.95 Å². The number of benzene rings is 1. The number of piperazine rings is 1. The van der Waals surface area contributed by atoms with Gasteiger partial charge in [-0.05, 0) is 24.3 Å². The molecule has 1 fully saturated rings. The van der Waals surface area contributed by atoms with Crippen LogP contribution in [0.5, 0.6) is 5.75 Å². The number of nitrogens with two attached hydrogens (primary N) is 2. The van der Waals surface area contributed by atoms with Crippen LogP contribution in [0.2, 0.25) is 0 Å². The highest BCUT2D eigenvalue weighted by Crippen LogP contribution is 2.21. The van der Waals surface area contributed by atoms with Gasteiger partial charge in [-0.3, -0.25) is 4.90 Å². The van der Waals surface area contributed by atoms with Crippen molar-refractivity contribution in [1.82, 2.24) is 14.9 Å². The summed E-state index contributed by atoms with van der Waals surface area (Å²) in [5.74, 6) is 1.57. The molecule has 0 bridgehead atoms.